The molecule has 3 unspecified atom stereocenters. The third-order valence-corrected chi connectivity index (χ3v) is 4.79. The van der Waals surface area contributed by atoms with Crippen LogP contribution in [-0.4, -0.2) is 38.2 Å². The van der Waals surface area contributed by atoms with Gasteiger partial charge in [0.2, 0.25) is 9.05 Å². The Morgan fingerprint density at radius 3 is 2.50 bits per heavy atom. The molecule has 0 saturated carbocycles. The summed E-state index contributed by atoms with van der Waals surface area (Å²) >= 11 is 0. The van der Waals surface area contributed by atoms with E-state index in [1.54, 1.807) is 0 Å². The number of halogens is 1. The van der Waals surface area contributed by atoms with E-state index in [1.807, 2.05) is 0 Å². The summed E-state index contributed by atoms with van der Waals surface area (Å²) in [5.41, 5.74) is 0. The predicted octanol–water partition coefficient (Wildman–Crippen LogP) is 2.31. The van der Waals surface area contributed by atoms with Crippen molar-refractivity contribution in [2.24, 2.45) is 11.8 Å². The molecule has 3 nitrogen and oxygen atoms in total. The van der Waals surface area contributed by atoms with Gasteiger partial charge in [0.25, 0.3) is 0 Å². The van der Waals surface area contributed by atoms with Gasteiger partial charge in [0.15, 0.2) is 0 Å². The zero-order valence-corrected chi connectivity index (χ0v) is 11.9. The third-order valence-electron chi connectivity index (χ3n) is 3.55. The van der Waals surface area contributed by atoms with Crippen LogP contribution in [0.2, 0.25) is 0 Å². The van der Waals surface area contributed by atoms with Crippen LogP contribution in [0.5, 0.6) is 0 Å². The van der Waals surface area contributed by atoms with Crippen molar-refractivity contribution in [3.63, 3.8) is 0 Å². The van der Waals surface area contributed by atoms with Gasteiger partial charge >= 0.3 is 0 Å². The van der Waals surface area contributed by atoms with E-state index in [0.29, 0.717) is 24.3 Å². The molecule has 1 saturated heterocycles. The molecule has 0 amide bonds. The minimum atomic E-state index is -3.32. The van der Waals surface area contributed by atoms with Gasteiger partial charge < -0.3 is 4.90 Å². The molecule has 0 aromatic heterocycles. The third kappa shape index (κ3) is 4.60. The lowest BCUT2D eigenvalue weighted by atomic mass is 9.86. The average Bonchev–Trinajstić information content (AvgIpc) is 2.11. The number of rotatable bonds is 4. The van der Waals surface area contributed by atoms with Crippen molar-refractivity contribution in [2.75, 3.05) is 18.8 Å². The summed E-state index contributed by atoms with van der Waals surface area (Å²) in [5.74, 6) is 1.48. The van der Waals surface area contributed by atoms with Crippen LogP contribution in [0.15, 0.2) is 0 Å². The number of piperidine rings is 1. The molecule has 0 aromatic rings. The fourth-order valence-corrected chi connectivity index (χ4v) is 3.37. The highest BCUT2D eigenvalue weighted by atomic mass is 35.7. The molecular formula is C11H22ClNO2S. The Kier molecular flexibility index (Phi) is 5.08. The summed E-state index contributed by atoms with van der Waals surface area (Å²) in [6.07, 6.45) is 1.90. The Balaban J connectivity index is 2.40. The van der Waals surface area contributed by atoms with E-state index in [2.05, 4.69) is 25.7 Å². The van der Waals surface area contributed by atoms with Crippen molar-refractivity contribution >= 4 is 19.7 Å². The molecule has 0 bridgehead atoms. The molecular weight excluding hydrogens is 246 g/mol. The molecule has 0 radical (unpaired) electrons. The molecule has 1 aliphatic rings. The van der Waals surface area contributed by atoms with Gasteiger partial charge in [0, 0.05) is 23.3 Å². The molecule has 0 N–H and O–H groups in total. The maximum Gasteiger partial charge on any atom is 0.232 e. The van der Waals surface area contributed by atoms with Crippen LogP contribution in [-0.2, 0) is 9.05 Å². The molecule has 5 heteroatoms. The van der Waals surface area contributed by atoms with Gasteiger partial charge in [-0.2, -0.15) is 0 Å². The molecule has 0 aliphatic carbocycles. The zero-order valence-electron chi connectivity index (χ0n) is 10.3. The van der Waals surface area contributed by atoms with Gasteiger partial charge in [0.05, 0.1) is 5.75 Å². The minimum absolute atomic E-state index is 0.0839. The fraction of sp³-hybridized carbons (Fsp3) is 1.00. The summed E-state index contributed by atoms with van der Waals surface area (Å²) in [5, 5.41) is 0. The summed E-state index contributed by atoms with van der Waals surface area (Å²) in [7, 11) is 1.87. The normalized spacial score (nSPS) is 32.9. The summed E-state index contributed by atoms with van der Waals surface area (Å²) in [4.78, 5) is 2.39. The highest BCUT2D eigenvalue weighted by molar-refractivity contribution is 8.13. The van der Waals surface area contributed by atoms with Crippen molar-refractivity contribution in [1.29, 1.82) is 0 Å². The number of nitrogens with zero attached hydrogens (tertiary/aromatic N) is 1. The van der Waals surface area contributed by atoms with Crippen molar-refractivity contribution < 1.29 is 8.42 Å². The molecule has 0 aromatic carbocycles. The van der Waals surface area contributed by atoms with Crippen LogP contribution < -0.4 is 0 Å². The lowest BCUT2D eigenvalue weighted by molar-refractivity contribution is 0.0802. The van der Waals surface area contributed by atoms with Crippen LogP contribution in [0.25, 0.3) is 0 Å². The van der Waals surface area contributed by atoms with Gasteiger partial charge in [-0.3, -0.25) is 0 Å². The van der Waals surface area contributed by atoms with Crippen LogP contribution in [0.1, 0.15) is 33.6 Å². The number of likely N-dealkylation sites (tertiary alicyclic amines) is 1. The van der Waals surface area contributed by atoms with Gasteiger partial charge in [-0.15, -0.1) is 0 Å². The van der Waals surface area contributed by atoms with Gasteiger partial charge in [-0.25, -0.2) is 8.42 Å². The van der Waals surface area contributed by atoms with Crippen molar-refractivity contribution in [2.45, 2.75) is 39.7 Å². The van der Waals surface area contributed by atoms with Crippen molar-refractivity contribution in [3.8, 4) is 0 Å². The Morgan fingerprint density at radius 2 is 1.94 bits per heavy atom. The van der Waals surface area contributed by atoms with Crippen LogP contribution in [0.3, 0.4) is 0 Å². The lowest BCUT2D eigenvalue weighted by Crippen LogP contribution is -2.46. The van der Waals surface area contributed by atoms with E-state index in [9.17, 15) is 8.42 Å². The first-order valence-electron chi connectivity index (χ1n) is 5.96. The van der Waals surface area contributed by atoms with E-state index in [0.717, 1.165) is 13.1 Å². The molecule has 16 heavy (non-hydrogen) atoms. The molecule has 1 heterocycles. The second-order valence-electron chi connectivity index (χ2n) is 5.15. The molecule has 3 atom stereocenters. The summed E-state index contributed by atoms with van der Waals surface area (Å²) in [6, 6.07) is 0.550. The maximum absolute atomic E-state index is 10.8. The largest absolute Gasteiger partial charge is 0.300 e. The molecule has 1 fully saturated rings. The smallest absolute Gasteiger partial charge is 0.232 e. The highest BCUT2D eigenvalue weighted by Crippen LogP contribution is 2.26. The second kappa shape index (κ2) is 5.69. The van der Waals surface area contributed by atoms with Gasteiger partial charge in [-0.05, 0) is 38.1 Å². The highest BCUT2D eigenvalue weighted by Gasteiger charge is 2.28. The fourth-order valence-electron chi connectivity index (χ4n) is 2.57. The Bertz CT molecular complexity index is 318. The Morgan fingerprint density at radius 1 is 1.31 bits per heavy atom. The van der Waals surface area contributed by atoms with Gasteiger partial charge in [0.1, 0.15) is 0 Å². The van der Waals surface area contributed by atoms with E-state index in [1.165, 1.54) is 6.42 Å². The first-order valence-corrected chi connectivity index (χ1v) is 8.44. The predicted molar refractivity (Wildman–Crippen MR) is 68.2 cm³/mol. The van der Waals surface area contributed by atoms with Crippen LogP contribution in [0, 0.1) is 11.8 Å². The quantitative estimate of drug-likeness (QED) is 0.734. The number of hydrogen-bond donors (Lipinski definition) is 0. The molecule has 1 rings (SSSR count). The standard InChI is InChI=1S/C11H22ClNO2S/c1-9-7-10(2)11(3)13(8-9)5-4-6-16(12,14)15/h9-11H,4-8H2,1-3H3. The van der Waals surface area contributed by atoms with Crippen molar-refractivity contribution in [1.82, 2.24) is 4.90 Å². The van der Waals surface area contributed by atoms with E-state index >= 15 is 0 Å². The molecule has 1 aliphatic heterocycles. The summed E-state index contributed by atoms with van der Waals surface area (Å²) < 4.78 is 21.7. The van der Waals surface area contributed by atoms with E-state index < -0.39 is 9.05 Å². The molecule has 0 spiro atoms. The van der Waals surface area contributed by atoms with Crippen molar-refractivity contribution in [3.05, 3.63) is 0 Å². The zero-order chi connectivity index (χ0) is 12.3. The summed E-state index contributed by atoms with van der Waals surface area (Å²) in [6.45, 7) is 8.67. The average molecular weight is 268 g/mol. The Labute approximate surface area is 104 Å². The maximum atomic E-state index is 10.8. The van der Waals surface area contributed by atoms with Gasteiger partial charge in [-0.1, -0.05) is 13.8 Å². The monoisotopic (exact) mass is 267 g/mol. The first-order chi connectivity index (χ1) is 7.29. The van der Waals surface area contributed by atoms with Crippen LogP contribution >= 0.6 is 10.7 Å². The van der Waals surface area contributed by atoms with E-state index in [-0.39, 0.29) is 5.75 Å². The lowest BCUT2D eigenvalue weighted by Gasteiger charge is -2.41. The Hall–Kier alpha value is 0.200. The minimum Gasteiger partial charge on any atom is -0.300 e. The first kappa shape index (κ1) is 14.3. The number of hydrogen-bond acceptors (Lipinski definition) is 3. The van der Waals surface area contributed by atoms with E-state index in [4.69, 9.17) is 10.7 Å². The molecule has 96 valence electrons. The topological polar surface area (TPSA) is 37.4 Å². The second-order valence-corrected chi connectivity index (χ2v) is 8.05. The van der Waals surface area contributed by atoms with Crippen LogP contribution in [0.4, 0.5) is 0 Å². The SMILES string of the molecule is CC1CC(C)C(C)N(CCCS(=O)(=O)Cl)C1.